The zero-order valence-corrected chi connectivity index (χ0v) is 11.5. The molecule has 1 aromatic heterocycles. The van der Waals surface area contributed by atoms with E-state index >= 15 is 0 Å². The normalized spacial score (nSPS) is 11.6. The van der Waals surface area contributed by atoms with Crippen molar-refractivity contribution in [2.24, 2.45) is 0 Å². The lowest BCUT2D eigenvalue weighted by Gasteiger charge is -2.19. The summed E-state index contributed by atoms with van der Waals surface area (Å²) >= 11 is 0. The lowest BCUT2D eigenvalue weighted by Crippen LogP contribution is -2.26. The van der Waals surface area contributed by atoms with Crippen LogP contribution < -0.4 is 0 Å². The summed E-state index contributed by atoms with van der Waals surface area (Å²) in [6.07, 6.45) is 1.66. The van der Waals surface area contributed by atoms with Crippen LogP contribution in [0.4, 0.5) is 5.69 Å². The molecule has 0 N–H and O–H groups in total. The second kappa shape index (κ2) is 4.92. The van der Waals surface area contributed by atoms with E-state index in [4.69, 9.17) is 4.74 Å². The zero-order valence-electron chi connectivity index (χ0n) is 11.5. The number of nitro groups is 1. The van der Waals surface area contributed by atoms with E-state index in [1.165, 1.54) is 16.8 Å². The van der Waals surface area contributed by atoms with Gasteiger partial charge in [-0.25, -0.2) is 0 Å². The fraction of sp³-hybridized carbons (Fsp3) is 0.385. The van der Waals surface area contributed by atoms with Gasteiger partial charge in [-0.15, -0.1) is 0 Å². The van der Waals surface area contributed by atoms with Crippen LogP contribution in [0.5, 0.6) is 0 Å². The summed E-state index contributed by atoms with van der Waals surface area (Å²) in [6, 6.07) is 4.38. The van der Waals surface area contributed by atoms with Gasteiger partial charge < -0.3 is 4.74 Å². The fourth-order valence-corrected chi connectivity index (χ4v) is 1.76. The molecule has 0 saturated carbocycles. The van der Waals surface area contributed by atoms with Gasteiger partial charge in [-0.1, -0.05) is 0 Å². The van der Waals surface area contributed by atoms with E-state index in [0.29, 0.717) is 5.52 Å². The lowest BCUT2D eigenvalue weighted by atomic mass is 10.2. The summed E-state index contributed by atoms with van der Waals surface area (Å²) in [6.45, 7) is 5.33. The van der Waals surface area contributed by atoms with Crippen molar-refractivity contribution in [3.8, 4) is 0 Å². The zero-order chi connectivity index (χ0) is 14.9. The molecule has 2 aromatic rings. The number of carbonyl (C=O) groups is 1. The predicted molar refractivity (Wildman–Crippen MR) is 72.2 cm³/mol. The Labute approximate surface area is 115 Å². The van der Waals surface area contributed by atoms with E-state index in [9.17, 15) is 14.9 Å². The highest BCUT2D eigenvalue weighted by Gasteiger charge is 2.17. The molecule has 7 nitrogen and oxygen atoms in total. The first-order valence-electron chi connectivity index (χ1n) is 6.08. The van der Waals surface area contributed by atoms with Crippen LogP contribution in [0.15, 0.2) is 24.4 Å². The van der Waals surface area contributed by atoms with E-state index in [2.05, 4.69) is 5.10 Å². The molecule has 106 valence electrons. The molecular formula is C13H15N3O4. The van der Waals surface area contributed by atoms with Crippen LogP contribution in [-0.2, 0) is 16.1 Å². The molecule has 0 fully saturated rings. The molecule has 7 heteroatoms. The first-order chi connectivity index (χ1) is 9.24. The van der Waals surface area contributed by atoms with Crippen molar-refractivity contribution in [1.29, 1.82) is 0 Å². The van der Waals surface area contributed by atoms with Crippen molar-refractivity contribution >= 4 is 22.6 Å². The number of hydrogen-bond donors (Lipinski definition) is 0. The Hall–Kier alpha value is -2.44. The molecule has 0 amide bonds. The average molecular weight is 277 g/mol. The second-order valence-electron chi connectivity index (χ2n) is 5.41. The van der Waals surface area contributed by atoms with Crippen LogP contribution in [0.1, 0.15) is 20.8 Å². The molecule has 0 aliphatic rings. The van der Waals surface area contributed by atoms with E-state index in [0.717, 1.165) is 5.39 Å². The van der Waals surface area contributed by atoms with E-state index < -0.39 is 16.5 Å². The minimum absolute atomic E-state index is 0.0278. The van der Waals surface area contributed by atoms with E-state index in [1.54, 1.807) is 33.0 Å². The number of rotatable bonds is 3. The van der Waals surface area contributed by atoms with Crippen molar-refractivity contribution in [2.45, 2.75) is 32.9 Å². The van der Waals surface area contributed by atoms with Gasteiger partial charge in [0, 0.05) is 23.7 Å². The molecule has 0 atom stereocenters. The maximum Gasteiger partial charge on any atom is 0.328 e. The maximum atomic E-state index is 11.7. The maximum absolute atomic E-state index is 11.7. The van der Waals surface area contributed by atoms with Crippen molar-refractivity contribution in [1.82, 2.24) is 9.78 Å². The summed E-state index contributed by atoms with van der Waals surface area (Å²) in [5, 5.41) is 15.6. The van der Waals surface area contributed by atoms with Crippen molar-refractivity contribution < 1.29 is 14.5 Å². The molecule has 2 rings (SSSR count). The molecule has 0 aliphatic carbocycles. The van der Waals surface area contributed by atoms with Crippen LogP contribution in [0.25, 0.3) is 10.9 Å². The van der Waals surface area contributed by atoms with Gasteiger partial charge >= 0.3 is 5.97 Å². The largest absolute Gasteiger partial charge is 0.459 e. The molecule has 0 radical (unpaired) electrons. The summed E-state index contributed by atoms with van der Waals surface area (Å²) in [7, 11) is 0. The summed E-state index contributed by atoms with van der Waals surface area (Å²) < 4.78 is 6.61. The fourth-order valence-electron chi connectivity index (χ4n) is 1.76. The average Bonchev–Trinajstić information content (AvgIpc) is 2.66. The third-order valence-corrected chi connectivity index (χ3v) is 2.46. The number of benzene rings is 1. The quantitative estimate of drug-likeness (QED) is 0.488. The van der Waals surface area contributed by atoms with Crippen LogP contribution in [0.2, 0.25) is 0 Å². The first kappa shape index (κ1) is 14.0. The summed E-state index contributed by atoms with van der Waals surface area (Å²) in [4.78, 5) is 21.9. The smallest absolute Gasteiger partial charge is 0.328 e. The number of nitro benzene ring substituents is 1. The van der Waals surface area contributed by atoms with Crippen LogP contribution in [-0.4, -0.2) is 26.3 Å². The number of fused-ring (bicyclic) bond motifs is 1. The third-order valence-electron chi connectivity index (χ3n) is 2.46. The molecule has 0 saturated heterocycles. The highest BCUT2D eigenvalue weighted by Crippen LogP contribution is 2.19. The van der Waals surface area contributed by atoms with E-state index in [-0.39, 0.29) is 12.2 Å². The van der Waals surface area contributed by atoms with Gasteiger partial charge in [0.1, 0.15) is 12.1 Å². The van der Waals surface area contributed by atoms with Crippen molar-refractivity contribution in [2.75, 3.05) is 0 Å². The minimum atomic E-state index is -0.553. The monoisotopic (exact) mass is 277 g/mol. The Balaban J connectivity index is 2.20. The molecule has 0 spiro atoms. The van der Waals surface area contributed by atoms with Crippen LogP contribution >= 0.6 is 0 Å². The topological polar surface area (TPSA) is 87.3 Å². The molecule has 20 heavy (non-hydrogen) atoms. The van der Waals surface area contributed by atoms with Gasteiger partial charge in [-0.2, -0.15) is 5.10 Å². The molecule has 0 aliphatic heterocycles. The van der Waals surface area contributed by atoms with Crippen molar-refractivity contribution in [3.05, 3.63) is 34.5 Å². The summed E-state index contributed by atoms with van der Waals surface area (Å²) in [5.41, 5.74) is -0.106. The number of nitrogens with zero attached hydrogens (tertiary/aromatic N) is 3. The number of hydrogen-bond acceptors (Lipinski definition) is 5. The Kier molecular flexibility index (Phi) is 3.44. The van der Waals surface area contributed by atoms with Crippen LogP contribution in [0.3, 0.4) is 0 Å². The third kappa shape index (κ3) is 3.31. The number of aromatic nitrogens is 2. The molecule has 1 heterocycles. The number of carbonyl (C=O) groups excluding carboxylic acids is 1. The molecule has 0 unspecified atom stereocenters. The van der Waals surface area contributed by atoms with E-state index in [1.807, 2.05) is 0 Å². The standard InChI is InChI=1S/C13H15N3O4/c1-13(2,3)20-12(17)8-15-7-9-4-5-10(16(18)19)6-11(9)14-15/h4-7H,8H2,1-3H3. The lowest BCUT2D eigenvalue weighted by molar-refractivity contribution is -0.384. The Morgan fingerprint density at radius 1 is 1.45 bits per heavy atom. The van der Waals surface area contributed by atoms with Gasteiger partial charge in [-0.05, 0) is 26.8 Å². The predicted octanol–water partition coefficient (Wildman–Crippen LogP) is 2.29. The van der Waals surface area contributed by atoms with Gasteiger partial charge in [-0.3, -0.25) is 19.6 Å². The Morgan fingerprint density at radius 2 is 2.15 bits per heavy atom. The number of ether oxygens (including phenoxy) is 1. The summed E-state index contributed by atoms with van der Waals surface area (Å²) in [5.74, 6) is -0.403. The number of esters is 1. The first-order valence-corrected chi connectivity index (χ1v) is 6.08. The van der Waals surface area contributed by atoms with Gasteiger partial charge in [0.2, 0.25) is 0 Å². The van der Waals surface area contributed by atoms with Gasteiger partial charge in [0.25, 0.3) is 5.69 Å². The van der Waals surface area contributed by atoms with Crippen LogP contribution in [0, 0.1) is 10.1 Å². The highest BCUT2D eigenvalue weighted by molar-refractivity contribution is 5.81. The molecular weight excluding hydrogens is 262 g/mol. The highest BCUT2D eigenvalue weighted by atomic mass is 16.6. The Morgan fingerprint density at radius 3 is 2.75 bits per heavy atom. The SMILES string of the molecule is CC(C)(C)OC(=O)Cn1cc2ccc([N+](=O)[O-])cc2n1. The van der Waals surface area contributed by atoms with Crippen molar-refractivity contribution in [3.63, 3.8) is 0 Å². The van der Waals surface area contributed by atoms with Gasteiger partial charge in [0.05, 0.1) is 10.4 Å². The van der Waals surface area contributed by atoms with Gasteiger partial charge in [0.15, 0.2) is 0 Å². The molecule has 1 aromatic carbocycles. The Bertz CT molecular complexity index is 670. The minimum Gasteiger partial charge on any atom is -0.459 e. The number of non-ortho nitro benzene ring substituents is 1. The second-order valence-corrected chi connectivity index (χ2v) is 5.41. The molecule has 0 bridgehead atoms.